The number of aromatic nitrogens is 2. The monoisotopic (exact) mass is 327 g/mol. The molecule has 2 aromatic rings. The van der Waals surface area contributed by atoms with Crippen molar-refractivity contribution in [2.75, 3.05) is 13.2 Å². The fraction of sp³-hybridized carbons (Fsp3) is 0.500. The van der Waals surface area contributed by atoms with E-state index in [1.54, 1.807) is 0 Å². The third kappa shape index (κ3) is 2.71. The summed E-state index contributed by atoms with van der Waals surface area (Å²) >= 11 is 0. The number of carbonyl (C=O) groups excluding carboxylic acids is 1. The topological polar surface area (TPSA) is 64.4 Å². The van der Waals surface area contributed by atoms with Crippen LogP contribution in [0.15, 0.2) is 35.3 Å². The Morgan fingerprint density at radius 1 is 1.25 bits per heavy atom. The maximum absolute atomic E-state index is 12.9. The van der Waals surface area contributed by atoms with Crippen molar-refractivity contribution >= 4 is 16.9 Å². The summed E-state index contributed by atoms with van der Waals surface area (Å²) in [5.74, 6) is -0.00588. The van der Waals surface area contributed by atoms with Gasteiger partial charge in [0.05, 0.1) is 36.0 Å². The van der Waals surface area contributed by atoms with E-state index in [9.17, 15) is 9.59 Å². The number of ether oxygens (including phenoxy) is 1. The van der Waals surface area contributed by atoms with Crippen LogP contribution < -0.4 is 5.56 Å². The number of hydrogen-bond acceptors (Lipinski definition) is 4. The molecular weight excluding hydrogens is 306 g/mol. The first-order chi connectivity index (χ1) is 11.7. The van der Waals surface area contributed by atoms with Gasteiger partial charge in [-0.3, -0.25) is 14.2 Å². The van der Waals surface area contributed by atoms with E-state index in [1.165, 1.54) is 10.8 Å². The molecule has 1 saturated heterocycles. The number of rotatable bonds is 2. The van der Waals surface area contributed by atoms with Gasteiger partial charge < -0.3 is 9.64 Å². The van der Waals surface area contributed by atoms with E-state index < -0.39 is 0 Å². The van der Waals surface area contributed by atoms with E-state index in [4.69, 9.17) is 4.74 Å². The van der Waals surface area contributed by atoms with E-state index in [0.717, 1.165) is 31.2 Å². The Labute approximate surface area is 140 Å². The summed E-state index contributed by atoms with van der Waals surface area (Å²) in [4.78, 5) is 31.2. The Morgan fingerprint density at radius 2 is 2.08 bits per heavy atom. The summed E-state index contributed by atoms with van der Waals surface area (Å²) in [6, 6.07) is 7.57. The van der Waals surface area contributed by atoms with Gasteiger partial charge in [0.15, 0.2) is 0 Å². The lowest BCUT2D eigenvalue weighted by molar-refractivity contribution is -0.150. The van der Waals surface area contributed by atoms with Crippen LogP contribution in [0.3, 0.4) is 0 Å². The molecular formula is C18H21N3O3. The molecule has 1 aromatic heterocycles. The third-order valence-corrected chi connectivity index (χ3v) is 5.10. The molecule has 2 heterocycles. The molecule has 2 aliphatic rings. The number of hydrogen-bond donors (Lipinski definition) is 0. The van der Waals surface area contributed by atoms with Crippen LogP contribution in [-0.2, 0) is 16.1 Å². The lowest BCUT2D eigenvalue weighted by atomic mass is 9.90. The predicted molar refractivity (Wildman–Crippen MR) is 89.7 cm³/mol. The Morgan fingerprint density at radius 3 is 3.00 bits per heavy atom. The van der Waals surface area contributed by atoms with Crippen molar-refractivity contribution in [1.29, 1.82) is 0 Å². The van der Waals surface area contributed by atoms with Crippen molar-refractivity contribution < 1.29 is 9.53 Å². The standard InChI is InChI=1S/C18H21N3O3/c22-17-11-19-13-5-1-2-6-14(13)21(17)12-18(23)20-9-10-24-16-8-4-3-7-15(16)20/h1-2,5-6,11,15-16H,3-4,7-10,12H2/t15-,16-/m0/s1. The first-order valence-electron chi connectivity index (χ1n) is 8.60. The largest absolute Gasteiger partial charge is 0.374 e. The second kappa shape index (κ2) is 6.36. The molecule has 126 valence electrons. The van der Waals surface area contributed by atoms with Crippen molar-refractivity contribution in [3.63, 3.8) is 0 Å². The summed E-state index contributed by atoms with van der Waals surface area (Å²) in [5.41, 5.74) is 1.18. The van der Waals surface area contributed by atoms with Crippen LogP contribution in [0, 0.1) is 0 Å². The molecule has 4 rings (SSSR count). The number of fused-ring (bicyclic) bond motifs is 2. The summed E-state index contributed by atoms with van der Waals surface area (Å²) < 4.78 is 7.36. The zero-order chi connectivity index (χ0) is 16.5. The van der Waals surface area contributed by atoms with Crippen molar-refractivity contribution in [1.82, 2.24) is 14.5 Å². The van der Waals surface area contributed by atoms with Gasteiger partial charge in [0, 0.05) is 6.54 Å². The van der Waals surface area contributed by atoms with Gasteiger partial charge in [-0.25, -0.2) is 4.98 Å². The predicted octanol–water partition coefficient (Wildman–Crippen LogP) is 1.57. The molecule has 0 N–H and O–H groups in total. The van der Waals surface area contributed by atoms with Crippen LogP contribution in [0.2, 0.25) is 0 Å². The number of carbonyl (C=O) groups is 1. The molecule has 24 heavy (non-hydrogen) atoms. The van der Waals surface area contributed by atoms with Crippen LogP contribution in [0.25, 0.3) is 11.0 Å². The molecule has 1 saturated carbocycles. The van der Waals surface area contributed by atoms with E-state index in [0.29, 0.717) is 18.7 Å². The Bertz CT molecular complexity index is 815. The zero-order valence-electron chi connectivity index (χ0n) is 13.6. The van der Waals surface area contributed by atoms with Gasteiger partial charge in [-0.1, -0.05) is 25.0 Å². The molecule has 0 spiro atoms. The minimum atomic E-state index is -0.240. The molecule has 1 amide bonds. The van der Waals surface area contributed by atoms with Gasteiger partial charge in [-0.05, 0) is 25.0 Å². The van der Waals surface area contributed by atoms with Gasteiger partial charge in [0.25, 0.3) is 5.56 Å². The van der Waals surface area contributed by atoms with E-state index >= 15 is 0 Å². The quantitative estimate of drug-likeness (QED) is 0.840. The maximum Gasteiger partial charge on any atom is 0.269 e. The third-order valence-electron chi connectivity index (χ3n) is 5.10. The SMILES string of the molecule is O=C(Cn1c(=O)cnc2ccccc21)N1CCO[C@H]2CCCC[C@@H]21. The Hall–Kier alpha value is -2.21. The van der Waals surface area contributed by atoms with Gasteiger partial charge in [-0.2, -0.15) is 0 Å². The highest BCUT2D eigenvalue weighted by Crippen LogP contribution is 2.28. The molecule has 1 aliphatic carbocycles. The first-order valence-corrected chi connectivity index (χ1v) is 8.60. The number of morpholine rings is 1. The Kier molecular flexibility index (Phi) is 4.06. The van der Waals surface area contributed by atoms with Crippen LogP contribution in [0.4, 0.5) is 0 Å². The van der Waals surface area contributed by atoms with Gasteiger partial charge >= 0.3 is 0 Å². The zero-order valence-corrected chi connectivity index (χ0v) is 13.6. The van der Waals surface area contributed by atoms with E-state index in [-0.39, 0.29) is 30.2 Å². The van der Waals surface area contributed by atoms with Crippen LogP contribution >= 0.6 is 0 Å². The van der Waals surface area contributed by atoms with Crippen molar-refractivity contribution in [2.24, 2.45) is 0 Å². The molecule has 2 atom stereocenters. The number of benzene rings is 1. The maximum atomic E-state index is 12.9. The van der Waals surface area contributed by atoms with Crippen molar-refractivity contribution in [3.8, 4) is 0 Å². The highest BCUT2D eigenvalue weighted by Gasteiger charge is 2.36. The molecule has 6 heteroatoms. The minimum absolute atomic E-state index is 0.00588. The smallest absolute Gasteiger partial charge is 0.269 e. The van der Waals surface area contributed by atoms with Crippen LogP contribution in [0.5, 0.6) is 0 Å². The summed E-state index contributed by atoms with van der Waals surface area (Å²) in [7, 11) is 0. The van der Waals surface area contributed by atoms with Gasteiger partial charge in [0.2, 0.25) is 5.91 Å². The number of para-hydroxylation sites is 2. The summed E-state index contributed by atoms with van der Waals surface area (Å²) in [6.45, 7) is 1.25. The summed E-state index contributed by atoms with van der Waals surface area (Å²) in [5, 5.41) is 0. The fourth-order valence-corrected chi connectivity index (χ4v) is 3.91. The molecule has 1 aliphatic heterocycles. The highest BCUT2D eigenvalue weighted by molar-refractivity contribution is 5.80. The molecule has 6 nitrogen and oxygen atoms in total. The molecule has 0 radical (unpaired) electrons. The lowest BCUT2D eigenvalue weighted by Gasteiger charge is -2.43. The second-order valence-corrected chi connectivity index (χ2v) is 6.52. The Balaban J connectivity index is 1.62. The molecule has 0 bridgehead atoms. The molecule has 1 aromatic carbocycles. The van der Waals surface area contributed by atoms with Crippen molar-refractivity contribution in [2.45, 2.75) is 44.4 Å². The lowest BCUT2D eigenvalue weighted by Crippen LogP contribution is -2.55. The van der Waals surface area contributed by atoms with Crippen LogP contribution in [0.1, 0.15) is 25.7 Å². The minimum Gasteiger partial charge on any atom is -0.374 e. The average molecular weight is 327 g/mol. The summed E-state index contributed by atoms with van der Waals surface area (Å²) in [6.07, 6.45) is 5.75. The average Bonchev–Trinajstić information content (AvgIpc) is 2.63. The van der Waals surface area contributed by atoms with Crippen molar-refractivity contribution in [3.05, 3.63) is 40.8 Å². The highest BCUT2D eigenvalue weighted by atomic mass is 16.5. The number of amides is 1. The van der Waals surface area contributed by atoms with Gasteiger partial charge in [-0.15, -0.1) is 0 Å². The normalized spacial score (nSPS) is 23.9. The molecule has 2 fully saturated rings. The van der Waals surface area contributed by atoms with E-state index in [2.05, 4.69) is 4.98 Å². The van der Waals surface area contributed by atoms with Crippen LogP contribution in [-0.4, -0.2) is 45.7 Å². The van der Waals surface area contributed by atoms with Gasteiger partial charge in [0.1, 0.15) is 6.54 Å². The number of nitrogens with zero attached hydrogens (tertiary/aromatic N) is 3. The first kappa shape index (κ1) is 15.3. The fourth-order valence-electron chi connectivity index (χ4n) is 3.91. The molecule has 0 unspecified atom stereocenters. The second-order valence-electron chi connectivity index (χ2n) is 6.52. The van der Waals surface area contributed by atoms with E-state index in [1.807, 2.05) is 29.2 Å².